The molecule has 11 heteroatoms. The van der Waals surface area contributed by atoms with Crippen molar-refractivity contribution in [3.63, 3.8) is 0 Å². The number of ether oxygens (including phenoxy) is 3. The zero-order chi connectivity index (χ0) is 27.1. The van der Waals surface area contributed by atoms with E-state index in [4.69, 9.17) is 9.47 Å². The lowest BCUT2D eigenvalue weighted by Gasteiger charge is -2.10. The molecule has 0 atom stereocenters. The fourth-order valence-electron chi connectivity index (χ4n) is 4.03. The average molecular weight is 529 g/mol. The van der Waals surface area contributed by atoms with Gasteiger partial charge in [0.2, 0.25) is 34.9 Å². The molecule has 1 aliphatic heterocycles. The highest BCUT2D eigenvalue weighted by Crippen LogP contribution is 2.36. The van der Waals surface area contributed by atoms with E-state index in [1.54, 1.807) is 6.08 Å². The van der Waals surface area contributed by atoms with Crippen LogP contribution in [-0.2, 0) is 11.3 Å². The normalized spacial score (nSPS) is 13.6. The van der Waals surface area contributed by atoms with Crippen LogP contribution in [0.15, 0.2) is 54.4 Å². The number of carbonyl (C=O) groups is 2. The number of rotatable bonds is 6. The van der Waals surface area contributed by atoms with Crippen LogP contribution in [0.4, 0.5) is 22.0 Å². The van der Waals surface area contributed by atoms with Gasteiger partial charge in [0.1, 0.15) is 11.5 Å². The van der Waals surface area contributed by atoms with Crippen molar-refractivity contribution in [3.8, 4) is 17.2 Å². The number of esters is 1. The summed E-state index contributed by atoms with van der Waals surface area (Å²) in [6.45, 7) is 1.55. The molecule has 4 aromatic rings. The first-order valence-corrected chi connectivity index (χ1v) is 11.2. The number of carbonyl (C=O) groups excluding carboxylic acids is 2. The van der Waals surface area contributed by atoms with E-state index in [9.17, 15) is 31.5 Å². The Balaban J connectivity index is 1.31. The molecule has 1 aromatic heterocycles. The molecule has 3 aromatic carbocycles. The van der Waals surface area contributed by atoms with Crippen molar-refractivity contribution < 1.29 is 45.8 Å². The van der Waals surface area contributed by atoms with E-state index in [-0.39, 0.29) is 28.6 Å². The first-order chi connectivity index (χ1) is 18.2. The number of ketones is 1. The van der Waals surface area contributed by atoms with Crippen LogP contribution >= 0.6 is 0 Å². The molecule has 38 heavy (non-hydrogen) atoms. The van der Waals surface area contributed by atoms with Crippen LogP contribution in [0.25, 0.3) is 17.0 Å². The predicted octanol–water partition coefficient (Wildman–Crippen LogP) is 5.96. The third kappa shape index (κ3) is 4.25. The first-order valence-electron chi connectivity index (χ1n) is 11.2. The topological polar surface area (TPSA) is 66.8 Å². The Labute approximate surface area is 211 Å². The van der Waals surface area contributed by atoms with Crippen molar-refractivity contribution in [2.45, 2.75) is 13.5 Å². The van der Waals surface area contributed by atoms with Crippen LogP contribution in [0, 0.1) is 29.1 Å². The molecule has 0 bridgehead atoms. The van der Waals surface area contributed by atoms with Crippen LogP contribution in [0.5, 0.6) is 17.2 Å². The number of hydrogen-bond donors (Lipinski definition) is 0. The Morgan fingerprint density at radius 1 is 0.974 bits per heavy atom. The maximum atomic E-state index is 13.7. The smallest absolute Gasteiger partial charge is 0.349 e. The monoisotopic (exact) mass is 529 g/mol. The zero-order valence-corrected chi connectivity index (χ0v) is 19.5. The van der Waals surface area contributed by atoms with Gasteiger partial charge in [0.05, 0.1) is 5.56 Å². The van der Waals surface area contributed by atoms with Crippen molar-refractivity contribution in [1.29, 1.82) is 0 Å². The maximum absolute atomic E-state index is 13.7. The van der Waals surface area contributed by atoms with Crippen LogP contribution in [0.3, 0.4) is 0 Å². The van der Waals surface area contributed by atoms with Crippen molar-refractivity contribution >= 4 is 28.7 Å². The Kier molecular flexibility index (Phi) is 6.35. The minimum Gasteiger partial charge on any atom is -0.476 e. The van der Waals surface area contributed by atoms with Gasteiger partial charge in [0.15, 0.2) is 18.1 Å². The lowest BCUT2D eigenvalue weighted by atomic mass is 10.1. The number of benzene rings is 3. The molecule has 0 aliphatic carbocycles. The number of para-hydroxylation sites is 1. The molecular weight excluding hydrogens is 513 g/mol. The van der Waals surface area contributed by atoms with E-state index in [0.717, 1.165) is 23.0 Å². The van der Waals surface area contributed by atoms with E-state index < -0.39 is 47.4 Å². The van der Waals surface area contributed by atoms with Crippen molar-refractivity contribution in [3.05, 3.63) is 94.6 Å². The van der Waals surface area contributed by atoms with Crippen LogP contribution < -0.4 is 14.2 Å². The number of aromatic nitrogens is 1. The second-order valence-corrected chi connectivity index (χ2v) is 8.15. The third-order valence-electron chi connectivity index (χ3n) is 5.82. The highest BCUT2D eigenvalue weighted by molar-refractivity contribution is 6.15. The highest BCUT2D eigenvalue weighted by atomic mass is 19.2. The van der Waals surface area contributed by atoms with Gasteiger partial charge in [-0.1, -0.05) is 18.2 Å². The first kappa shape index (κ1) is 25.0. The Morgan fingerprint density at radius 2 is 1.66 bits per heavy atom. The van der Waals surface area contributed by atoms with Crippen molar-refractivity contribution in [1.82, 2.24) is 4.57 Å². The van der Waals surface area contributed by atoms with Gasteiger partial charge in [-0.2, -0.15) is 8.78 Å². The van der Waals surface area contributed by atoms with Gasteiger partial charge in [-0.05, 0) is 31.2 Å². The second kappa shape index (κ2) is 9.66. The Morgan fingerprint density at radius 3 is 2.37 bits per heavy atom. The van der Waals surface area contributed by atoms with E-state index in [0.29, 0.717) is 0 Å². The quantitative estimate of drug-likeness (QED) is 0.0771. The molecule has 0 N–H and O–H groups in total. The lowest BCUT2D eigenvalue weighted by Crippen LogP contribution is -2.19. The summed E-state index contributed by atoms with van der Waals surface area (Å²) in [5.41, 5.74) is 1.98. The summed E-state index contributed by atoms with van der Waals surface area (Å²) < 4.78 is 84.4. The van der Waals surface area contributed by atoms with E-state index >= 15 is 0 Å². The number of hydrogen-bond acceptors (Lipinski definition) is 5. The zero-order valence-electron chi connectivity index (χ0n) is 19.5. The molecule has 0 saturated heterocycles. The number of fused-ring (bicyclic) bond motifs is 2. The SMILES string of the molecule is CCn1cc(/C=C2\Oc3cc(OC(=O)COc4c(F)c(F)c(F)c(F)c4F)ccc3C2=O)c2ccccc21. The summed E-state index contributed by atoms with van der Waals surface area (Å²) in [7, 11) is 0. The fourth-order valence-corrected chi connectivity index (χ4v) is 4.03. The number of Topliss-reactive ketones (excluding diaryl/α,β-unsaturated/α-hetero) is 1. The van der Waals surface area contributed by atoms with Gasteiger partial charge < -0.3 is 18.8 Å². The summed E-state index contributed by atoms with van der Waals surface area (Å²) in [6.07, 6.45) is 3.51. The van der Waals surface area contributed by atoms with Crippen LogP contribution in [-0.4, -0.2) is 22.9 Å². The molecule has 0 fully saturated rings. The minimum absolute atomic E-state index is 0.0529. The van der Waals surface area contributed by atoms with E-state index in [1.807, 2.05) is 42.0 Å². The van der Waals surface area contributed by atoms with Gasteiger partial charge >= 0.3 is 5.97 Å². The second-order valence-electron chi connectivity index (χ2n) is 8.15. The Bertz CT molecular complexity index is 1630. The fraction of sp³-hybridized carbons (Fsp3) is 0.111. The van der Waals surface area contributed by atoms with Gasteiger partial charge in [0.25, 0.3) is 0 Å². The highest BCUT2D eigenvalue weighted by Gasteiger charge is 2.30. The van der Waals surface area contributed by atoms with Crippen LogP contribution in [0.2, 0.25) is 0 Å². The molecule has 0 unspecified atom stereocenters. The van der Waals surface area contributed by atoms with Crippen molar-refractivity contribution in [2.24, 2.45) is 0 Å². The van der Waals surface area contributed by atoms with Gasteiger partial charge in [0, 0.05) is 35.3 Å². The number of nitrogens with zero attached hydrogens (tertiary/aromatic N) is 1. The Hall–Kier alpha value is -4.67. The molecule has 0 saturated carbocycles. The number of halogens is 5. The third-order valence-corrected chi connectivity index (χ3v) is 5.82. The molecule has 0 spiro atoms. The molecule has 0 amide bonds. The van der Waals surface area contributed by atoms with Crippen molar-refractivity contribution in [2.75, 3.05) is 6.61 Å². The summed E-state index contributed by atoms with van der Waals surface area (Å²) in [5.74, 6) is -14.4. The van der Waals surface area contributed by atoms with E-state index in [2.05, 4.69) is 4.74 Å². The summed E-state index contributed by atoms with van der Waals surface area (Å²) in [5, 5.41) is 0.928. The largest absolute Gasteiger partial charge is 0.476 e. The molecule has 2 heterocycles. The minimum atomic E-state index is -2.35. The standard InChI is InChI=1S/C27H16F5NO5/c1-2-33-11-13(15-5-3-4-6-17(15)33)9-19-26(35)16-8-7-14(10-18(16)38-19)37-20(34)12-36-27-24(31)22(29)21(28)23(30)25(27)32/h3-11H,2,12H2,1H3/b19-9-. The summed E-state index contributed by atoms with van der Waals surface area (Å²) in [4.78, 5) is 25.0. The lowest BCUT2D eigenvalue weighted by molar-refractivity contribution is -0.136. The van der Waals surface area contributed by atoms with Gasteiger partial charge in [-0.25, -0.2) is 18.0 Å². The van der Waals surface area contributed by atoms with E-state index in [1.165, 1.54) is 18.2 Å². The average Bonchev–Trinajstić information content (AvgIpc) is 3.43. The number of aryl methyl sites for hydroxylation is 1. The molecule has 1 aliphatic rings. The van der Waals surface area contributed by atoms with Crippen LogP contribution in [0.1, 0.15) is 22.8 Å². The molecule has 5 rings (SSSR count). The molecule has 0 radical (unpaired) electrons. The summed E-state index contributed by atoms with van der Waals surface area (Å²) in [6, 6.07) is 11.6. The molecule has 6 nitrogen and oxygen atoms in total. The molecule has 194 valence electrons. The number of allylic oxidation sites excluding steroid dienone is 1. The predicted molar refractivity (Wildman–Crippen MR) is 124 cm³/mol. The maximum Gasteiger partial charge on any atom is 0.349 e. The molecular formula is C27H16F5NO5. The van der Waals surface area contributed by atoms with Gasteiger partial charge in [-0.15, -0.1) is 0 Å². The van der Waals surface area contributed by atoms with Gasteiger partial charge in [-0.3, -0.25) is 4.79 Å². The summed E-state index contributed by atoms with van der Waals surface area (Å²) >= 11 is 0.